The van der Waals surface area contributed by atoms with Gasteiger partial charge in [-0.1, -0.05) is 0 Å². The van der Waals surface area contributed by atoms with Gasteiger partial charge < -0.3 is 5.32 Å². The van der Waals surface area contributed by atoms with Crippen molar-refractivity contribution in [3.8, 4) is 0 Å². The third-order valence-corrected chi connectivity index (χ3v) is 2.57. The molecule has 1 fully saturated rings. The van der Waals surface area contributed by atoms with Crippen LogP contribution >= 0.6 is 11.8 Å². The SMILES string of the molecule is O=CNC1CCSCC1. The third-order valence-electron chi connectivity index (χ3n) is 1.53. The first-order valence-corrected chi connectivity index (χ1v) is 4.36. The Balaban J connectivity index is 2.15. The highest BCUT2D eigenvalue weighted by Crippen LogP contribution is 2.16. The summed E-state index contributed by atoms with van der Waals surface area (Å²) in [5.41, 5.74) is 0. The maximum Gasteiger partial charge on any atom is 0.207 e. The van der Waals surface area contributed by atoms with Crippen molar-refractivity contribution in [1.82, 2.24) is 5.32 Å². The standard InChI is InChI=1S/C6H11NOS/c8-5-7-6-1-3-9-4-2-6/h5-6H,1-4H2,(H,7,8). The molecule has 0 aromatic rings. The Bertz CT molecular complexity index is 91.1. The van der Waals surface area contributed by atoms with E-state index in [4.69, 9.17) is 0 Å². The Labute approximate surface area is 59.4 Å². The Kier molecular flexibility index (Phi) is 2.91. The molecular formula is C6H11NOS. The number of carbonyl (C=O) groups is 1. The van der Waals surface area contributed by atoms with Gasteiger partial charge in [0, 0.05) is 6.04 Å². The summed E-state index contributed by atoms with van der Waals surface area (Å²) in [6.45, 7) is 0. The lowest BCUT2D eigenvalue weighted by Crippen LogP contribution is -2.31. The Morgan fingerprint density at radius 1 is 1.44 bits per heavy atom. The Morgan fingerprint density at radius 2 is 2.11 bits per heavy atom. The van der Waals surface area contributed by atoms with Crippen LogP contribution in [-0.4, -0.2) is 24.0 Å². The van der Waals surface area contributed by atoms with Crippen LogP contribution in [0.25, 0.3) is 0 Å². The molecule has 1 N–H and O–H groups in total. The number of rotatable bonds is 2. The van der Waals surface area contributed by atoms with Gasteiger partial charge in [-0.3, -0.25) is 4.79 Å². The van der Waals surface area contributed by atoms with Crippen molar-refractivity contribution in [2.24, 2.45) is 0 Å². The molecule has 0 radical (unpaired) electrons. The van der Waals surface area contributed by atoms with Crippen molar-refractivity contribution in [2.75, 3.05) is 11.5 Å². The predicted octanol–water partition coefficient (Wildman–Crippen LogP) is 0.628. The van der Waals surface area contributed by atoms with Crippen LogP contribution in [0.1, 0.15) is 12.8 Å². The smallest absolute Gasteiger partial charge is 0.207 e. The first-order valence-electron chi connectivity index (χ1n) is 3.21. The summed E-state index contributed by atoms with van der Waals surface area (Å²) in [5.74, 6) is 2.40. The van der Waals surface area contributed by atoms with Crippen molar-refractivity contribution in [1.29, 1.82) is 0 Å². The monoisotopic (exact) mass is 145 g/mol. The van der Waals surface area contributed by atoms with Gasteiger partial charge in [0.05, 0.1) is 0 Å². The molecule has 3 heteroatoms. The minimum atomic E-state index is 0.462. The van der Waals surface area contributed by atoms with E-state index in [-0.39, 0.29) is 0 Å². The lowest BCUT2D eigenvalue weighted by Gasteiger charge is -2.19. The van der Waals surface area contributed by atoms with Crippen LogP contribution in [0.4, 0.5) is 0 Å². The summed E-state index contributed by atoms with van der Waals surface area (Å²) in [7, 11) is 0. The molecule has 0 bridgehead atoms. The molecule has 0 saturated carbocycles. The topological polar surface area (TPSA) is 29.1 Å². The minimum absolute atomic E-state index is 0.462. The Morgan fingerprint density at radius 3 is 2.67 bits per heavy atom. The number of hydrogen-bond acceptors (Lipinski definition) is 2. The Hall–Kier alpha value is -0.180. The molecule has 0 spiro atoms. The number of carbonyl (C=O) groups excluding carboxylic acids is 1. The summed E-state index contributed by atoms with van der Waals surface area (Å²) in [5, 5.41) is 2.79. The van der Waals surface area contributed by atoms with E-state index < -0.39 is 0 Å². The molecule has 0 aromatic carbocycles. The fraction of sp³-hybridized carbons (Fsp3) is 0.833. The van der Waals surface area contributed by atoms with E-state index in [2.05, 4.69) is 5.32 Å². The van der Waals surface area contributed by atoms with Crippen LogP contribution in [-0.2, 0) is 4.79 Å². The van der Waals surface area contributed by atoms with Crippen molar-refractivity contribution in [2.45, 2.75) is 18.9 Å². The van der Waals surface area contributed by atoms with Crippen molar-refractivity contribution in [3.63, 3.8) is 0 Å². The molecule has 1 amide bonds. The second kappa shape index (κ2) is 3.77. The summed E-state index contributed by atoms with van der Waals surface area (Å²) in [4.78, 5) is 9.96. The van der Waals surface area contributed by atoms with Crippen LogP contribution in [0.5, 0.6) is 0 Å². The van der Waals surface area contributed by atoms with Crippen molar-refractivity contribution >= 4 is 18.2 Å². The predicted molar refractivity (Wildman–Crippen MR) is 39.5 cm³/mol. The molecule has 1 rings (SSSR count). The van der Waals surface area contributed by atoms with E-state index in [1.165, 1.54) is 11.5 Å². The molecule has 1 aliphatic rings. The van der Waals surface area contributed by atoms with Gasteiger partial charge in [0.1, 0.15) is 0 Å². The number of nitrogens with one attached hydrogen (secondary N) is 1. The molecule has 9 heavy (non-hydrogen) atoms. The van der Waals surface area contributed by atoms with Gasteiger partial charge in [0.2, 0.25) is 6.41 Å². The highest BCUT2D eigenvalue weighted by molar-refractivity contribution is 7.99. The second-order valence-corrected chi connectivity index (χ2v) is 3.40. The van der Waals surface area contributed by atoms with Gasteiger partial charge >= 0.3 is 0 Å². The van der Waals surface area contributed by atoms with E-state index >= 15 is 0 Å². The van der Waals surface area contributed by atoms with Gasteiger partial charge in [-0.15, -0.1) is 0 Å². The zero-order valence-corrected chi connectivity index (χ0v) is 6.12. The molecule has 1 heterocycles. The first-order chi connectivity index (χ1) is 4.43. The van der Waals surface area contributed by atoms with Gasteiger partial charge in [-0.05, 0) is 24.3 Å². The highest BCUT2D eigenvalue weighted by atomic mass is 32.2. The summed E-state index contributed by atoms with van der Waals surface area (Å²) >= 11 is 1.97. The molecule has 0 aliphatic carbocycles. The molecule has 52 valence electrons. The van der Waals surface area contributed by atoms with Crippen LogP contribution < -0.4 is 5.32 Å². The van der Waals surface area contributed by atoms with Crippen molar-refractivity contribution in [3.05, 3.63) is 0 Å². The van der Waals surface area contributed by atoms with Crippen LogP contribution in [0, 0.1) is 0 Å². The normalized spacial score (nSPS) is 21.3. The van der Waals surface area contributed by atoms with Crippen LogP contribution in [0.15, 0.2) is 0 Å². The zero-order valence-electron chi connectivity index (χ0n) is 5.30. The number of amides is 1. The fourth-order valence-electron chi connectivity index (χ4n) is 0.960. The zero-order chi connectivity index (χ0) is 6.53. The number of thioether (sulfide) groups is 1. The lowest BCUT2D eigenvalue weighted by atomic mass is 10.2. The lowest BCUT2D eigenvalue weighted by molar-refractivity contribution is -0.110. The maximum absolute atomic E-state index is 9.96. The average molecular weight is 145 g/mol. The molecular weight excluding hydrogens is 134 g/mol. The van der Waals surface area contributed by atoms with Gasteiger partial charge in [-0.25, -0.2) is 0 Å². The maximum atomic E-state index is 9.96. The molecule has 0 unspecified atom stereocenters. The van der Waals surface area contributed by atoms with E-state index in [9.17, 15) is 4.79 Å². The van der Waals surface area contributed by atoms with Gasteiger partial charge in [0.15, 0.2) is 0 Å². The summed E-state index contributed by atoms with van der Waals surface area (Å²) in [6.07, 6.45) is 3.09. The summed E-state index contributed by atoms with van der Waals surface area (Å²) in [6, 6.07) is 0.462. The van der Waals surface area contributed by atoms with E-state index in [1.807, 2.05) is 11.8 Å². The van der Waals surface area contributed by atoms with Crippen LogP contribution in [0.2, 0.25) is 0 Å². The molecule has 0 aromatic heterocycles. The quantitative estimate of drug-likeness (QED) is 0.577. The van der Waals surface area contributed by atoms with E-state index in [0.29, 0.717) is 6.04 Å². The summed E-state index contributed by atoms with van der Waals surface area (Å²) < 4.78 is 0. The average Bonchev–Trinajstić information content (AvgIpc) is 1.91. The van der Waals surface area contributed by atoms with Gasteiger partial charge in [0.25, 0.3) is 0 Å². The fourth-order valence-corrected chi connectivity index (χ4v) is 2.07. The van der Waals surface area contributed by atoms with Gasteiger partial charge in [-0.2, -0.15) is 11.8 Å². The highest BCUT2D eigenvalue weighted by Gasteiger charge is 2.10. The second-order valence-electron chi connectivity index (χ2n) is 2.17. The first kappa shape index (κ1) is 6.93. The minimum Gasteiger partial charge on any atom is -0.356 e. The largest absolute Gasteiger partial charge is 0.356 e. The molecule has 2 nitrogen and oxygen atoms in total. The van der Waals surface area contributed by atoms with Crippen LogP contribution in [0.3, 0.4) is 0 Å². The van der Waals surface area contributed by atoms with E-state index in [0.717, 1.165) is 19.3 Å². The molecule has 1 saturated heterocycles. The molecule has 1 aliphatic heterocycles. The molecule has 0 atom stereocenters. The third kappa shape index (κ3) is 2.26. The van der Waals surface area contributed by atoms with E-state index in [1.54, 1.807) is 0 Å². The number of hydrogen-bond donors (Lipinski definition) is 1. The van der Waals surface area contributed by atoms with Crippen molar-refractivity contribution < 1.29 is 4.79 Å².